The molecule has 0 aliphatic carbocycles. The van der Waals surface area contributed by atoms with Crippen molar-refractivity contribution in [2.45, 2.75) is 32.4 Å². The Labute approximate surface area is 209 Å². The molecule has 0 radical (unpaired) electrons. The molecule has 2 aliphatic rings. The van der Waals surface area contributed by atoms with Gasteiger partial charge in [-0.3, -0.25) is 14.5 Å². The minimum atomic E-state index is -1.86. The predicted molar refractivity (Wildman–Crippen MR) is 117 cm³/mol. The van der Waals surface area contributed by atoms with Crippen LogP contribution in [0.5, 0.6) is 0 Å². The van der Waals surface area contributed by atoms with Gasteiger partial charge in [-0.25, -0.2) is 4.79 Å². The number of hydrogen-bond donors (Lipinski definition) is 1. The minimum Gasteiger partial charge on any atom is -0.430 e. The number of halogens is 6. The Hall–Kier alpha value is -0.490. The van der Waals surface area contributed by atoms with Crippen LogP contribution in [0.1, 0.15) is 13.3 Å². The quantitative estimate of drug-likeness (QED) is 0.221. The van der Waals surface area contributed by atoms with E-state index in [2.05, 4.69) is 4.74 Å². The second-order valence-corrected chi connectivity index (χ2v) is 13.4. The molecule has 2 rings (SSSR count). The molecule has 2 aliphatic heterocycles. The summed E-state index contributed by atoms with van der Waals surface area (Å²) in [5, 5.41) is -1.59. The summed E-state index contributed by atoms with van der Waals surface area (Å²) in [5.41, 5.74) is 5.24. The second-order valence-electron chi connectivity index (χ2n) is 6.37. The molecule has 2 amide bonds. The van der Waals surface area contributed by atoms with E-state index in [0.717, 1.165) is 0 Å². The molecular weight excluding hydrogens is 565 g/mol. The van der Waals surface area contributed by atoms with Crippen LogP contribution in [-0.2, 0) is 34.7 Å². The maximum absolute atomic E-state index is 12.7. The first-order valence-corrected chi connectivity index (χ1v) is 11.8. The van der Waals surface area contributed by atoms with Crippen molar-refractivity contribution in [3.8, 4) is 0 Å². The maximum Gasteiger partial charge on any atom is 0.533 e. The molecule has 9 nitrogen and oxygen atoms in total. The van der Waals surface area contributed by atoms with Crippen LogP contribution in [0.3, 0.4) is 0 Å². The average molecular weight is 580 g/mol. The Kier molecular flexibility index (Phi) is 8.80. The third-order valence-electron chi connectivity index (χ3n) is 3.95. The monoisotopic (exact) mass is 577 g/mol. The molecule has 2 N–H and O–H groups in total. The van der Waals surface area contributed by atoms with Gasteiger partial charge in [0, 0.05) is 0 Å². The van der Waals surface area contributed by atoms with Gasteiger partial charge in [-0.15, -0.1) is 0 Å². The number of hydrogen-bond acceptors (Lipinski definition) is 7. The van der Waals surface area contributed by atoms with Crippen LogP contribution in [0, 0.1) is 5.92 Å². The lowest BCUT2D eigenvalue weighted by molar-refractivity contribution is -0.152. The van der Waals surface area contributed by atoms with E-state index >= 15 is 0 Å². The number of alkyl halides is 6. The summed E-state index contributed by atoms with van der Waals surface area (Å²) in [6, 6.07) is 0. The van der Waals surface area contributed by atoms with Crippen molar-refractivity contribution in [2.75, 3.05) is 13.2 Å². The Morgan fingerprint density at radius 3 is 2.19 bits per heavy atom. The van der Waals surface area contributed by atoms with Crippen LogP contribution in [-0.4, -0.2) is 60.4 Å². The largest absolute Gasteiger partial charge is 0.533 e. The number of β-lactam (4-membered cyclic amide) rings is 1. The van der Waals surface area contributed by atoms with Crippen LogP contribution >= 0.6 is 69.6 Å². The number of fused-ring (bicyclic) bond motifs is 1. The number of ether oxygens (including phenoxy) is 3. The van der Waals surface area contributed by atoms with E-state index in [1.54, 1.807) is 0 Å². The van der Waals surface area contributed by atoms with Crippen molar-refractivity contribution in [2.24, 2.45) is 11.7 Å². The standard InChI is InChI=1S/C15H14Cl6N2O7S/c1-6(30-12(26)28-4-14(16,17)18)9-10(25)23-3-7(2-8(22)24)31(11(9)23)13(27)29-5-15(19,20)21/h3,6,9,11H,2,4-5H2,1H3,(H-,22,24)/p+1/t6-,9+,11-,31?/m1/s1. The molecule has 0 bridgehead atoms. The zero-order valence-corrected chi connectivity index (χ0v) is 20.8. The first kappa shape index (κ1) is 26.8. The lowest BCUT2D eigenvalue weighted by Crippen LogP contribution is -2.63. The first-order chi connectivity index (χ1) is 14.1. The van der Waals surface area contributed by atoms with Crippen molar-refractivity contribution in [3.05, 3.63) is 11.1 Å². The molecule has 31 heavy (non-hydrogen) atoms. The van der Waals surface area contributed by atoms with E-state index in [1.165, 1.54) is 18.0 Å². The van der Waals surface area contributed by atoms with E-state index in [1.807, 2.05) is 0 Å². The highest BCUT2D eigenvalue weighted by molar-refractivity contribution is 8.14. The fourth-order valence-electron chi connectivity index (χ4n) is 2.81. The number of nitrogens with zero attached hydrogens (tertiary/aromatic N) is 1. The van der Waals surface area contributed by atoms with Crippen molar-refractivity contribution >= 4 is 104 Å². The number of primary amides is 1. The normalized spacial score (nSPS) is 24.0. The molecule has 2 heterocycles. The predicted octanol–water partition coefficient (Wildman–Crippen LogP) is 3.54. The Morgan fingerprint density at radius 1 is 1.13 bits per heavy atom. The molecule has 4 atom stereocenters. The van der Waals surface area contributed by atoms with Crippen molar-refractivity contribution < 1.29 is 33.4 Å². The van der Waals surface area contributed by atoms with Crippen LogP contribution in [0.2, 0.25) is 0 Å². The summed E-state index contributed by atoms with van der Waals surface area (Å²) < 4.78 is 11.1. The zero-order valence-electron chi connectivity index (χ0n) is 15.5. The van der Waals surface area contributed by atoms with Gasteiger partial charge in [0.15, 0.2) is 15.8 Å². The number of carbonyl (C=O) groups is 4. The summed E-state index contributed by atoms with van der Waals surface area (Å²) in [7, 11) is -1.42. The average Bonchev–Trinajstić information content (AvgIpc) is 2.90. The lowest BCUT2D eigenvalue weighted by Gasteiger charge is -2.39. The van der Waals surface area contributed by atoms with Gasteiger partial charge in [-0.2, -0.15) is 4.79 Å². The number of amides is 2. The molecule has 0 aromatic carbocycles. The molecule has 1 saturated heterocycles. The summed E-state index contributed by atoms with van der Waals surface area (Å²) in [6.45, 7) is 0.302. The van der Waals surface area contributed by atoms with Gasteiger partial charge < -0.3 is 19.9 Å². The van der Waals surface area contributed by atoms with E-state index in [-0.39, 0.29) is 11.3 Å². The van der Waals surface area contributed by atoms with Crippen molar-refractivity contribution in [1.82, 2.24) is 4.90 Å². The highest BCUT2D eigenvalue weighted by atomic mass is 35.6. The number of nitrogens with two attached hydrogens (primary N) is 1. The first-order valence-electron chi connectivity index (χ1n) is 8.28. The van der Waals surface area contributed by atoms with E-state index in [4.69, 9.17) is 84.8 Å². The zero-order chi connectivity index (χ0) is 23.7. The van der Waals surface area contributed by atoms with Crippen LogP contribution in [0.15, 0.2) is 11.1 Å². The molecule has 1 fully saturated rings. The van der Waals surface area contributed by atoms with Gasteiger partial charge in [0.2, 0.25) is 24.8 Å². The molecular formula is C15H15Cl6N2O7S+. The highest BCUT2D eigenvalue weighted by Crippen LogP contribution is 2.46. The summed E-state index contributed by atoms with van der Waals surface area (Å²) in [6.07, 6.45) is -1.14. The van der Waals surface area contributed by atoms with Gasteiger partial charge in [-0.05, 0) is 6.92 Å². The van der Waals surface area contributed by atoms with Crippen molar-refractivity contribution in [3.63, 3.8) is 0 Å². The lowest BCUT2D eigenvalue weighted by atomic mass is 9.93. The van der Waals surface area contributed by atoms with Gasteiger partial charge in [0.25, 0.3) is 0 Å². The SMILES string of the molecule is C[C@@H](OC(=O)OCC(Cl)(Cl)Cl)[C@H]1C(=O)N2C=C(CC(N)=O)[S+](C(=O)OCC(Cl)(Cl)Cl)[C@H]12. The molecule has 1 unspecified atom stereocenters. The number of carbonyl (C=O) groups excluding carboxylic acids is 4. The van der Waals surface area contributed by atoms with Crippen LogP contribution in [0.4, 0.5) is 9.59 Å². The molecule has 16 heteroatoms. The van der Waals surface area contributed by atoms with Crippen LogP contribution in [0.25, 0.3) is 0 Å². The third kappa shape index (κ3) is 7.25. The molecule has 174 valence electrons. The smallest absolute Gasteiger partial charge is 0.430 e. The Balaban J connectivity index is 2.13. The Morgan fingerprint density at radius 2 is 1.68 bits per heavy atom. The van der Waals surface area contributed by atoms with Crippen molar-refractivity contribution in [1.29, 1.82) is 0 Å². The second kappa shape index (κ2) is 10.2. The number of rotatable bonds is 6. The summed E-state index contributed by atoms with van der Waals surface area (Å²) in [4.78, 5) is 50.0. The highest BCUT2D eigenvalue weighted by Gasteiger charge is 2.68. The molecule has 0 saturated carbocycles. The Bertz CT molecular complexity index is 800. The summed E-state index contributed by atoms with van der Waals surface area (Å²) in [5.74, 6) is -2.10. The topological polar surface area (TPSA) is 125 Å². The van der Waals surface area contributed by atoms with Gasteiger partial charge in [0.1, 0.15) is 25.2 Å². The van der Waals surface area contributed by atoms with E-state index in [0.29, 0.717) is 0 Å². The fraction of sp³-hybridized carbons (Fsp3) is 0.600. The van der Waals surface area contributed by atoms with Gasteiger partial charge in [0.05, 0.1) is 12.6 Å². The van der Waals surface area contributed by atoms with Gasteiger partial charge in [-0.1, -0.05) is 69.6 Å². The fourth-order valence-corrected chi connectivity index (χ4v) is 5.59. The molecule has 0 spiro atoms. The molecule has 0 aromatic rings. The maximum atomic E-state index is 12.7. The summed E-state index contributed by atoms with van der Waals surface area (Å²) >= 11 is 33.3. The third-order valence-corrected chi connectivity index (χ3v) is 6.90. The van der Waals surface area contributed by atoms with Gasteiger partial charge >= 0.3 is 11.5 Å². The van der Waals surface area contributed by atoms with Crippen LogP contribution < -0.4 is 5.73 Å². The molecule has 0 aromatic heterocycles. The minimum absolute atomic E-state index is 0.272. The van der Waals surface area contributed by atoms with E-state index < -0.39 is 72.4 Å². The van der Waals surface area contributed by atoms with E-state index in [9.17, 15) is 19.2 Å².